The quantitative estimate of drug-likeness (QED) is 0.555. The fraction of sp³-hybridized carbons (Fsp3) is 0.571. The van der Waals surface area contributed by atoms with Gasteiger partial charge in [-0.05, 0) is 6.42 Å². The van der Waals surface area contributed by atoms with Crippen molar-refractivity contribution in [1.29, 1.82) is 0 Å². The van der Waals surface area contributed by atoms with Crippen LogP contribution in [0.15, 0.2) is 11.3 Å². The van der Waals surface area contributed by atoms with Crippen LogP contribution in [0.25, 0.3) is 0 Å². The number of esters is 1. The summed E-state index contributed by atoms with van der Waals surface area (Å²) < 4.78 is 43.0. The molecule has 2 amide bonds. The van der Waals surface area contributed by atoms with Crippen LogP contribution >= 0.6 is 0 Å². The summed E-state index contributed by atoms with van der Waals surface area (Å²) in [7, 11) is 0. The van der Waals surface area contributed by atoms with Crippen LogP contribution in [-0.2, 0) is 23.9 Å². The predicted octanol–water partition coefficient (Wildman–Crippen LogP) is -0.108. The molecule has 136 valence electrons. The average Bonchev–Trinajstić information content (AvgIpc) is 2.82. The van der Waals surface area contributed by atoms with Gasteiger partial charge in [0.15, 0.2) is 0 Å². The number of likely N-dealkylation sites (tertiary alicyclic amines) is 1. The summed E-state index contributed by atoms with van der Waals surface area (Å²) in [5.74, 6) is -5.64. The number of halogens is 3. The van der Waals surface area contributed by atoms with Crippen LogP contribution in [0.1, 0.15) is 13.3 Å². The Morgan fingerprint density at radius 3 is 2.48 bits per heavy atom. The Labute approximate surface area is 138 Å². The van der Waals surface area contributed by atoms with Crippen molar-refractivity contribution in [1.82, 2.24) is 9.80 Å². The second-order valence-electron chi connectivity index (χ2n) is 5.99. The SMILES string of the molecule is CC(=O)OCC1=C(C(=O)O)N2C(=O)[C@@H]3[C@H]2C1CCN3C(=O)C(F)(F)F. The average molecular weight is 362 g/mol. The fourth-order valence-corrected chi connectivity index (χ4v) is 3.76. The molecule has 8 nitrogen and oxygen atoms in total. The van der Waals surface area contributed by atoms with Gasteiger partial charge in [-0.1, -0.05) is 0 Å². The molecule has 0 aliphatic carbocycles. The lowest BCUT2D eigenvalue weighted by atomic mass is 9.78. The van der Waals surface area contributed by atoms with Gasteiger partial charge in [-0.25, -0.2) is 4.79 Å². The van der Waals surface area contributed by atoms with Crippen molar-refractivity contribution < 1.29 is 42.2 Å². The van der Waals surface area contributed by atoms with E-state index in [4.69, 9.17) is 4.74 Å². The maximum absolute atomic E-state index is 12.7. The van der Waals surface area contributed by atoms with Gasteiger partial charge < -0.3 is 14.7 Å². The molecule has 3 rings (SSSR count). The molecule has 0 radical (unpaired) electrons. The number of carboxylic acids is 1. The van der Waals surface area contributed by atoms with Gasteiger partial charge in [0.1, 0.15) is 18.3 Å². The van der Waals surface area contributed by atoms with E-state index in [1.54, 1.807) is 0 Å². The Hall–Kier alpha value is -2.59. The van der Waals surface area contributed by atoms with Gasteiger partial charge in [-0.2, -0.15) is 13.2 Å². The highest BCUT2D eigenvalue weighted by Gasteiger charge is 2.65. The molecule has 25 heavy (non-hydrogen) atoms. The van der Waals surface area contributed by atoms with E-state index < -0.39 is 47.9 Å². The third-order valence-corrected chi connectivity index (χ3v) is 4.67. The minimum atomic E-state index is -5.12. The Kier molecular flexibility index (Phi) is 3.77. The highest BCUT2D eigenvalue weighted by Crippen LogP contribution is 2.49. The first-order chi connectivity index (χ1) is 11.6. The third kappa shape index (κ3) is 2.45. The molecule has 0 aromatic carbocycles. The van der Waals surface area contributed by atoms with Crippen molar-refractivity contribution in [3.8, 4) is 0 Å². The second-order valence-corrected chi connectivity index (χ2v) is 5.99. The Morgan fingerprint density at radius 1 is 1.32 bits per heavy atom. The van der Waals surface area contributed by atoms with E-state index in [-0.39, 0.29) is 30.8 Å². The van der Waals surface area contributed by atoms with Crippen LogP contribution in [0.2, 0.25) is 0 Å². The topological polar surface area (TPSA) is 104 Å². The number of alkyl halides is 3. The summed E-state index contributed by atoms with van der Waals surface area (Å²) in [6.07, 6.45) is -5.07. The number of ether oxygens (including phenoxy) is 1. The summed E-state index contributed by atoms with van der Waals surface area (Å²) in [5, 5.41) is 9.36. The first-order valence-corrected chi connectivity index (χ1v) is 7.36. The zero-order chi connectivity index (χ0) is 18.7. The normalized spacial score (nSPS) is 27.8. The molecule has 11 heteroatoms. The molecule has 3 aliphatic heterocycles. The van der Waals surface area contributed by atoms with E-state index in [1.165, 1.54) is 0 Å². The lowest BCUT2D eigenvalue weighted by Gasteiger charge is -2.53. The van der Waals surface area contributed by atoms with Crippen molar-refractivity contribution in [3.05, 3.63) is 11.3 Å². The molecule has 0 aromatic rings. The summed E-state index contributed by atoms with van der Waals surface area (Å²) in [6, 6.07) is -2.22. The number of hydrogen-bond acceptors (Lipinski definition) is 5. The van der Waals surface area contributed by atoms with Crippen LogP contribution in [-0.4, -0.2) is 70.1 Å². The Bertz CT molecular complexity index is 716. The fourth-order valence-electron chi connectivity index (χ4n) is 3.76. The zero-order valence-corrected chi connectivity index (χ0v) is 12.9. The zero-order valence-electron chi connectivity index (χ0n) is 12.9. The highest BCUT2D eigenvalue weighted by molar-refractivity contribution is 6.03. The van der Waals surface area contributed by atoms with E-state index in [2.05, 4.69) is 0 Å². The molecule has 0 bridgehead atoms. The van der Waals surface area contributed by atoms with Gasteiger partial charge in [0, 0.05) is 25.0 Å². The van der Waals surface area contributed by atoms with Gasteiger partial charge in [-0.15, -0.1) is 0 Å². The lowest BCUT2D eigenvalue weighted by molar-refractivity contribution is -0.198. The minimum Gasteiger partial charge on any atom is -0.477 e. The second kappa shape index (κ2) is 5.46. The summed E-state index contributed by atoms with van der Waals surface area (Å²) in [6.45, 7) is 0.436. The molecule has 0 spiro atoms. The van der Waals surface area contributed by atoms with E-state index >= 15 is 0 Å². The van der Waals surface area contributed by atoms with Gasteiger partial charge in [0.2, 0.25) is 0 Å². The van der Waals surface area contributed by atoms with Gasteiger partial charge >= 0.3 is 24.0 Å². The lowest BCUT2D eigenvalue weighted by Crippen LogP contribution is -2.74. The standard InChI is InChI=1S/C14H13F3N2O6/c1-5(20)25-4-7-6-2-3-18(13(24)14(15,16)17)10-8(6)19(11(10)21)9(7)12(22)23/h6,8,10H,2-4H2,1H3,(H,22,23)/t6?,8-,10+/m1/s1. The number of carbonyl (C=O) groups excluding carboxylic acids is 3. The van der Waals surface area contributed by atoms with Crippen molar-refractivity contribution in [3.63, 3.8) is 0 Å². The number of aliphatic carboxylic acids is 1. The van der Waals surface area contributed by atoms with E-state index in [9.17, 15) is 37.5 Å². The predicted molar refractivity (Wildman–Crippen MR) is 71.6 cm³/mol. The molecule has 1 unspecified atom stereocenters. The molecule has 2 fully saturated rings. The molecule has 3 atom stereocenters. The van der Waals surface area contributed by atoms with Gasteiger partial charge in [0.25, 0.3) is 5.91 Å². The number of rotatable bonds is 3. The third-order valence-electron chi connectivity index (χ3n) is 4.67. The van der Waals surface area contributed by atoms with Crippen LogP contribution in [0.5, 0.6) is 0 Å². The van der Waals surface area contributed by atoms with Crippen molar-refractivity contribution in [2.45, 2.75) is 31.6 Å². The van der Waals surface area contributed by atoms with Crippen molar-refractivity contribution in [2.75, 3.05) is 13.2 Å². The largest absolute Gasteiger partial charge is 0.477 e. The maximum Gasteiger partial charge on any atom is 0.471 e. The van der Waals surface area contributed by atoms with E-state index in [0.717, 1.165) is 11.8 Å². The van der Waals surface area contributed by atoms with E-state index in [1.807, 2.05) is 0 Å². The maximum atomic E-state index is 12.7. The molecule has 2 saturated heterocycles. The first-order valence-electron chi connectivity index (χ1n) is 7.36. The molecule has 3 aliphatic rings. The van der Waals surface area contributed by atoms with E-state index in [0.29, 0.717) is 4.90 Å². The number of carboxylic acid groups (broad SMARTS) is 1. The summed E-state index contributed by atoms with van der Waals surface area (Å²) in [5.41, 5.74) is -0.193. The minimum absolute atomic E-state index is 0.0418. The van der Waals surface area contributed by atoms with Crippen LogP contribution in [0, 0.1) is 5.92 Å². The van der Waals surface area contributed by atoms with Crippen LogP contribution in [0.3, 0.4) is 0 Å². The molecular formula is C14H13F3N2O6. The highest BCUT2D eigenvalue weighted by atomic mass is 19.4. The summed E-state index contributed by atoms with van der Waals surface area (Å²) >= 11 is 0. The van der Waals surface area contributed by atoms with Crippen LogP contribution in [0.4, 0.5) is 13.2 Å². The monoisotopic (exact) mass is 362 g/mol. The van der Waals surface area contributed by atoms with Gasteiger partial charge in [-0.3, -0.25) is 19.3 Å². The number of nitrogens with zero attached hydrogens (tertiary/aromatic N) is 2. The Balaban J connectivity index is 1.92. The number of β-lactam (4-membered cyclic amide) rings is 1. The smallest absolute Gasteiger partial charge is 0.471 e. The number of hydrogen-bond donors (Lipinski definition) is 1. The molecule has 0 saturated carbocycles. The number of carbonyl (C=O) groups is 4. The number of piperidine rings is 1. The van der Waals surface area contributed by atoms with Crippen LogP contribution < -0.4 is 0 Å². The molecule has 1 N–H and O–H groups in total. The summed E-state index contributed by atoms with van der Waals surface area (Å²) in [4.78, 5) is 47.6. The number of amides is 2. The van der Waals surface area contributed by atoms with Gasteiger partial charge in [0.05, 0.1) is 6.04 Å². The molecule has 3 heterocycles. The Morgan fingerprint density at radius 2 is 1.96 bits per heavy atom. The van der Waals surface area contributed by atoms with Crippen molar-refractivity contribution >= 4 is 23.8 Å². The molecular weight excluding hydrogens is 349 g/mol. The first kappa shape index (κ1) is 17.2. The van der Waals surface area contributed by atoms with Crippen molar-refractivity contribution in [2.24, 2.45) is 5.92 Å². The molecule has 0 aromatic heterocycles.